The Balaban J connectivity index is 2.00. The molecule has 1 atom stereocenters. The molecule has 1 N–H and O–H groups in total. The molecule has 0 aliphatic rings. The Morgan fingerprint density at radius 1 is 1.07 bits per heavy atom. The number of methoxy groups -OCH3 is 2. The fraction of sp³-hybridized carbons (Fsp3) is 0.200. The number of amides is 1. The minimum atomic E-state index is -1.38. The minimum Gasteiger partial charge on any atom is -0.548 e. The van der Waals surface area contributed by atoms with Crippen molar-refractivity contribution in [3.63, 3.8) is 0 Å². The van der Waals surface area contributed by atoms with Gasteiger partial charge in [-0.05, 0) is 11.6 Å². The molecule has 7 heteroatoms. The molecule has 27 heavy (non-hydrogen) atoms. The number of rotatable bonds is 6. The molecule has 0 aliphatic heterocycles. The molecule has 0 unspecified atom stereocenters. The standard InChI is InChI=1S/C20H20N2O5/c1-22-15-9-13(26-2)10-17(27-3)14(15)11-16(22)19(23)21-18(20(24)25)12-7-5-4-6-8-12/h4-11,18H,1-3H3,(H,21,23)(H,24,25)/p-1/t18-/m1/s1. The van der Waals surface area contributed by atoms with Gasteiger partial charge in [0.1, 0.15) is 17.2 Å². The first-order chi connectivity index (χ1) is 13.0. The van der Waals surface area contributed by atoms with E-state index in [-0.39, 0.29) is 0 Å². The number of carboxylic acids is 1. The van der Waals surface area contributed by atoms with Crippen molar-refractivity contribution in [3.05, 3.63) is 59.8 Å². The molecule has 1 aromatic heterocycles. The molecule has 0 fully saturated rings. The Bertz CT molecular complexity index is 995. The van der Waals surface area contributed by atoms with Gasteiger partial charge >= 0.3 is 0 Å². The number of nitrogens with one attached hydrogen (secondary N) is 1. The van der Waals surface area contributed by atoms with E-state index in [1.54, 1.807) is 67.3 Å². The molecule has 0 aliphatic carbocycles. The summed E-state index contributed by atoms with van der Waals surface area (Å²) in [6, 6.07) is 12.3. The molecule has 0 radical (unpaired) electrons. The first kappa shape index (κ1) is 18.3. The second-order valence-corrected chi connectivity index (χ2v) is 5.99. The Kier molecular flexibility index (Phi) is 5.03. The topological polar surface area (TPSA) is 92.6 Å². The molecule has 0 spiro atoms. The largest absolute Gasteiger partial charge is 0.548 e. The molecule has 3 aromatic rings. The van der Waals surface area contributed by atoms with E-state index in [1.165, 1.54) is 7.11 Å². The summed E-state index contributed by atoms with van der Waals surface area (Å²) in [6.07, 6.45) is 0. The SMILES string of the molecule is COc1cc(OC)c2cc(C(=O)N[C@@H](C(=O)[O-])c3ccccc3)n(C)c2c1. The van der Waals surface area contributed by atoms with Gasteiger partial charge in [0.05, 0.1) is 31.7 Å². The summed E-state index contributed by atoms with van der Waals surface area (Å²) in [6.45, 7) is 0. The number of aryl methyl sites for hydroxylation is 1. The predicted molar refractivity (Wildman–Crippen MR) is 97.7 cm³/mol. The van der Waals surface area contributed by atoms with Crippen LogP contribution in [0.5, 0.6) is 11.5 Å². The van der Waals surface area contributed by atoms with E-state index in [2.05, 4.69) is 5.32 Å². The summed E-state index contributed by atoms with van der Waals surface area (Å²) in [4.78, 5) is 24.3. The summed E-state index contributed by atoms with van der Waals surface area (Å²) >= 11 is 0. The van der Waals surface area contributed by atoms with Crippen LogP contribution in [0.15, 0.2) is 48.5 Å². The van der Waals surface area contributed by atoms with Gasteiger partial charge in [0, 0.05) is 24.6 Å². The summed E-state index contributed by atoms with van der Waals surface area (Å²) < 4.78 is 12.3. The van der Waals surface area contributed by atoms with Gasteiger partial charge in [-0.2, -0.15) is 0 Å². The van der Waals surface area contributed by atoms with Gasteiger partial charge in [-0.3, -0.25) is 4.79 Å². The highest BCUT2D eigenvalue weighted by Gasteiger charge is 2.21. The number of nitrogens with zero attached hydrogens (tertiary/aromatic N) is 1. The third-order valence-corrected chi connectivity index (χ3v) is 4.43. The van der Waals surface area contributed by atoms with Crippen molar-refractivity contribution in [1.29, 1.82) is 0 Å². The molecule has 1 amide bonds. The van der Waals surface area contributed by atoms with E-state index in [1.807, 2.05) is 0 Å². The number of ether oxygens (including phenoxy) is 2. The highest BCUT2D eigenvalue weighted by Crippen LogP contribution is 2.33. The van der Waals surface area contributed by atoms with Crippen molar-refractivity contribution < 1.29 is 24.2 Å². The summed E-state index contributed by atoms with van der Waals surface area (Å²) in [7, 11) is 4.79. The first-order valence-corrected chi connectivity index (χ1v) is 8.24. The number of carbonyl (C=O) groups excluding carboxylic acids is 2. The van der Waals surface area contributed by atoms with Gasteiger partial charge in [-0.15, -0.1) is 0 Å². The quantitative estimate of drug-likeness (QED) is 0.711. The third-order valence-electron chi connectivity index (χ3n) is 4.43. The van der Waals surface area contributed by atoms with Crippen LogP contribution < -0.4 is 19.9 Å². The molecular weight excluding hydrogens is 348 g/mol. The van der Waals surface area contributed by atoms with E-state index >= 15 is 0 Å². The third kappa shape index (κ3) is 3.44. The molecule has 0 bridgehead atoms. The fourth-order valence-corrected chi connectivity index (χ4v) is 3.01. The first-order valence-electron chi connectivity index (χ1n) is 8.24. The minimum absolute atomic E-state index is 0.290. The van der Waals surface area contributed by atoms with Gasteiger partial charge in [-0.25, -0.2) is 0 Å². The van der Waals surface area contributed by atoms with Crippen LogP contribution >= 0.6 is 0 Å². The normalized spacial score (nSPS) is 11.8. The average molecular weight is 367 g/mol. The molecular formula is C20H19N2O5-. The highest BCUT2D eigenvalue weighted by atomic mass is 16.5. The number of carbonyl (C=O) groups is 2. The number of fused-ring (bicyclic) bond motifs is 1. The predicted octanol–water partition coefficient (Wildman–Crippen LogP) is 1.42. The lowest BCUT2D eigenvalue weighted by Gasteiger charge is -2.20. The molecule has 2 aromatic carbocycles. The summed E-state index contributed by atoms with van der Waals surface area (Å²) in [5.74, 6) is -0.775. The Labute approximate surface area is 156 Å². The number of hydrogen-bond acceptors (Lipinski definition) is 5. The molecule has 0 saturated carbocycles. The van der Waals surface area contributed by atoms with Crippen molar-refractivity contribution in [2.75, 3.05) is 14.2 Å². The fourth-order valence-electron chi connectivity index (χ4n) is 3.01. The van der Waals surface area contributed by atoms with Crippen molar-refractivity contribution in [3.8, 4) is 11.5 Å². The van der Waals surface area contributed by atoms with Crippen LogP contribution in [0.2, 0.25) is 0 Å². The maximum absolute atomic E-state index is 12.8. The van der Waals surface area contributed by atoms with Gasteiger partial charge in [0.2, 0.25) is 0 Å². The van der Waals surface area contributed by atoms with Crippen LogP contribution in [-0.4, -0.2) is 30.7 Å². The lowest BCUT2D eigenvalue weighted by atomic mass is 10.1. The number of aromatic nitrogens is 1. The zero-order valence-electron chi connectivity index (χ0n) is 15.2. The van der Waals surface area contributed by atoms with Crippen molar-refractivity contribution in [2.24, 2.45) is 7.05 Å². The van der Waals surface area contributed by atoms with Crippen LogP contribution in [0.3, 0.4) is 0 Å². The van der Waals surface area contributed by atoms with Crippen molar-refractivity contribution in [1.82, 2.24) is 9.88 Å². The van der Waals surface area contributed by atoms with Gasteiger partial charge < -0.3 is 29.3 Å². The maximum Gasteiger partial charge on any atom is 0.268 e. The highest BCUT2D eigenvalue weighted by molar-refractivity contribution is 6.02. The van der Waals surface area contributed by atoms with Gasteiger partial charge in [0.15, 0.2) is 0 Å². The number of hydrogen-bond donors (Lipinski definition) is 1. The van der Waals surface area contributed by atoms with E-state index in [9.17, 15) is 14.7 Å². The molecule has 7 nitrogen and oxygen atoms in total. The lowest BCUT2D eigenvalue weighted by Crippen LogP contribution is -2.41. The Morgan fingerprint density at radius 3 is 2.37 bits per heavy atom. The number of aliphatic carboxylic acids is 1. The monoisotopic (exact) mass is 367 g/mol. The smallest absolute Gasteiger partial charge is 0.268 e. The van der Waals surface area contributed by atoms with Crippen LogP contribution in [0.1, 0.15) is 22.1 Å². The zero-order valence-corrected chi connectivity index (χ0v) is 15.2. The Morgan fingerprint density at radius 2 is 1.78 bits per heavy atom. The summed E-state index contributed by atoms with van der Waals surface area (Å²) in [5.41, 5.74) is 1.45. The van der Waals surface area contributed by atoms with Gasteiger partial charge in [0.25, 0.3) is 5.91 Å². The van der Waals surface area contributed by atoms with Crippen LogP contribution in [0, 0.1) is 0 Å². The van der Waals surface area contributed by atoms with Crippen molar-refractivity contribution in [2.45, 2.75) is 6.04 Å². The molecule has 0 saturated heterocycles. The zero-order chi connectivity index (χ0) is 19.6. The molecule has 1 heterocycles. The van der Waals surface area contributed by atoms with Crippen LogP contribution in [0.25, 0.3) is 10.9 Å². The van der Waals surface area contributed by atoms with Crippen LogP contribution in [0.4, 0.5) is 0 Å². The second-order valence-electron chi connectivity index (χ2n) is 5.99. The van der Waals surface area contributed by atoms with Gasteiger partial charge in [-0.1, -0.05) is 30.3 Å². The van der Waals surface area contributed by atoms with Crippen molar-refractivity contribution >= 4 is 22.8 Å². The number of benzene rings is 2. The van der Waals surface area contributed by atoms with E-state index in [0.29, 0.717) is 22.8 Å². The second kappa shape index (κ2) is 7.41. The van der Waals surface area contributed by atoms with E-state index in [4.69, 9.17) is 9.47 Å². The maximum atomic E-state index is 12.8. The van der Waals surface area contributed by atoms with E-state index < -0.39 is 17.9 Å². The Hall–Kier alpha value is -3.48. The lowest BCUT2D eigenvalue weighted by molar-refractivity contribution is -0.308. The van der Waals surface area contributed by atoms with Crippen LogP contribution in [-0.2, 0) is 11.8 Å². The summed E-state index contributed by atoms with van der Waals surface area (Å²) in [5, 5.41) is 14.8. The molecule has 3 rings (SSSR count). The average Bonchev–Trinajstić information content (AvgIpc) is 3.02. The molecule has 140 valence electrons. The number of carboxylic acid groups (broad SMARTS) is 1. The van der Waals surface area contributed by atoms with E-state index in [0.717, 1.165) is 10.9 Å².